The Labute approximate surface area is 134 Å². The first-order valence-corrected chi connectivity index (χ1v) is 7.39. The average Bonchev–Trinajstić information content (AvgIpc) is 2.56. The molecule has 1 unspecified atom stereocenters. The fourth-order valence-corrected chi connectivity index (χ4v) is 2.26. The predicted molar refractivity (Wildman–Crippen MR) is 84.5 cm³/mol. The summed E-state index contributed by atoms with van der Waals surface area (Å²) in [6.45, 7) is 4.14. The minimum absolute atomic E-state index is 0.219. The number of hydrogen-bond donors (Lipinski definition) is 0. The van der Waals surface area contributed by atoms with E-state index in [4.69, 9.17) is 4.74 Å². The van der Waals surface area contributed by atoms with E-state index in [-0.39, 0.29) is 5.91 Å². The van der Waals surface area contributed by atoms with Crippen LogP contribution >= 0.6 is 0 Å². The van der Waals surface area contributed by atoms with Crippen molar-refractivity contribution in [2.45, 2.75) is 19.9 Å². The van der Waals surface area contributed by atoms with E-state index in [9.17, 15) is 13.6 Å². The van der Waals surface area contributed by atoms with Gasteiger partial charge in [0.2, 0.25) is 0 Å². The molecular weight excluding hydrogens is 300 g/mol. The molecule has 122 valence electrons. The van der Waals surface area contributed by atoms with Gasteiger partial charge in [0.05, 0.1) is 12.6 Å². The summed E-state index contributed by atoms with van der Waals surface area (Å²) in [5.74, 6) is -1.43. The standard InChI is InChI=1S/C18H19F2NO2/c1-4-23-15-7-5-6-14(10-15)18(22)21(3)12(2)13-8-9-16(19)17(20)11-13/h5-12H,4H2,1-3H3. The Morgan fingerprint density at radius 1 is 1.17 bits per heavy atom. The van der Waals surface area contributed by atoms with E-state index in [2.05, 4.69) is 0 Å². The lowest BCUT2D eigenvalue weighted by atomic mass is 10.1. The molecule has 0 saturated carbocycles. The molecule has 0 N–H and O–H groups in total. The molecule has 0 radical (unpaired) electrons. The average molecular weight is 319 g/mol. The Balaban J connectivity index is 2.21. The van der Waals surface area contributed by atoms with Crippen LogP contribution < -0.4 is 4.74 Å². The van der Waals surface area contributed by atoms with Gasteiger partial charge >= 0.3 is 0 Å². The van der Waals surface area contributed by atoms with Crippen LogP contribution in [0, 0.1) is 11.6 Å². The van der Waals surface area contributed by atoms with Gasteiger partial charge in [-0.2, -0.15) is 0 Å². The van der Waals surface area contributed by atoms with E-state index in [1.54, 1.807) is 38.2 Å². The predicted octanol–water partition coefficient (Wildman–Crippen LogP) is 4.20. The van der Waals surface area contributed by atoms with Crippen molar-refractivity contribution in [2.75, 3.05) is 13.7 Å². The molecule has 0 aromatic heterocycles. The molecule has 0 fully saturated rings. The third-order valence-corrected chi connectivity index (χ3v) is 3.72. The van der Waals surface area contributed by atoms with E-state index in [1.165, 1.54) is 11.0 Å². The number of halogens is 2. The summed E-state index contributed by atoms with van der Waals surface area (Å²) in [6, 6.07) is 10.1. The Kier molecular flexibility index (Phi) is 5.32. The van der Waals surface area contributed by atoms with Crippen LogP contribution in [0.1, 0.15) is 35.8 Å². The normalized spacial score (nSPS) is 11.9. The highest BCUT2D eigenvalue weighted by Crippen LogP contribution is 2.23. The Bertz CT molecular complexity index is 703. The van der Waals surface area contributed by atoms with E-state index >= 15 is 0 Å². The van der Waals surface area contributed by atoms with Crippen LogP contribution in [0.25, 0.3) is 0 Å². The zero-order chi connectivity index (χ0) is 17.0. The monoisotopic (exact) mass is 319 g/mol. The van der Waals surface area contributed by atoms with Gasteiger partial charge in [-0.05, 0) is 49.7 Å². The van der Waals surface area contributed by atoms with Crippen LogP contribution in [0.3, 0.4) is 0 Å². The van der Waals surface area contributed by atoms with Crippen LogP contribution in [0.5, 0.6) is 5.75 Å². The lowest BCUT2D eigenvalue weighted by molar-refractivity contribution is 0.0742. The molecular formula is C18H19F2NO2. The number of rotatable bonds is 5. The largest absolute Gasteiger partial charge is 0.494 e. The fraction of sp³-hybridized carbons (Fsp3) is 0.278. The Hall–Kier alpha value is -2.43. The molecule has 1 amide bonds. The maximum Gasteiger partial charge on any atom is 0.254 e. The molecule has 0 bridgehead atoms. The van der Waals surface area contributed by atoms with Crippen molar-refractivity contribution in [1.29, 1.82) is 0 Å². The molecule has 0 aliphatic rings. The van der Waals surface area contributed by atoms with E-state index < -0.39 is 17.7 Å². The molecule has 0 heterocycles. The molecule has 0 spiro atoms. The van der Waals surface area contributed by atoms with E-state index in [1.807, 2.05) is 6.92 Å². The summed E-state index contributed by atoms with van der Waals surface area (Å²) in [5, 5.41) is 0. The van der Waals surface area contributed by atoms with Gasteiger partial charge in [0.25, 0.3) is 5.91 Å². The second-order valence-corrected chi connectivity index (χ2v) is 5.23. The number of benzene rings is 2. The third kappa shape index (κ3) is 3.86. The van der Waals surface area contributed by atoms with Crippen molar-refractivity contribution in [3.05, 3.63) is 65.2 Å². The van der Waals surface area contributed by atoms with E-state index in [0.29, 0.717) is 23.5 Å². The van der Waals surface area contributed by atoms with Crippen LogP contribution in [-0.4, -0.2) is 24.5 Å². The zero-order valence-electron chi connectivity index (χ0n) is 13.3. The van der Waals surface area contributed by atoms with Crippen molar-refractivity contribution in [3.63, 3.8) is 0 Å². The quantitative estimate of drug-likeness (QED) is 0.827. The number of nitrogens with zero attached hydrogens (tertiary/aromatic N) is 1. The summed E-state index contributed by atoms with van der Waals surface area (Å²) in [6.07, 6.45) is 0. The number of carbonyl (C=O) groups excluding carboxylic acids is 1. The molecule has 0 aliphatic carbocycles. The molecule has 2 aromatic rings. The third-order valence-electron chi connectivity index (χ3n) is 3.72. The highest BCUT2D eigenvalue weighted by molar-refractivity contribution is 5.94. The topological polar surface area (TPSA) is 29.5 Å². The second-order valence-electron chi connectivity index (χ2n) is 5.23. The van der Waals surface area contributed by atoms with Crippen LogP contribution in [0.4, 0.5) is 8.78 Å². The molecule has 0 saturated heterocycles. The molecule has 5 heteroatoms. The number of amides is 1. The summed E-state index contributed by atoms with van der Waals surface area (Å²) >= 11 is 0. The van der Waals surface area contributed by atoms with Crippen molar-refractivity contribution in [3.8, 4) is 5.75 Å². The van der Waals surface area contributed by atoms with Gasteiger partial charge in [-0.15, -0.1) is 0 Å². The molecule has 0 aliphatic heterocycles. The van der Waals surface area contributed by atoms with Crippen molar-refractivity contribution < 1.29 is 18.3 Å². The van der Waals surface area contributed by atoms with Crippen molar-refractivity contribution >= 4 is 5.91 Å². The molecule has 3 nitrogen and oxygen atoms in total. The molecule has 2 aromatic carbocycles. The van der Waals surface area contributed by atoms with Gasteiger partial charge in [0.1, 0.15) is 5.75 Å². The number of hydrogen-bond acceptors (Lipinski definition) is 2. The first kappa shape index (κ1) is 16.9. The summed E-state index contributed by atoms with van der Waals surface area (Å²) < 4.78 is 31.8. The first-order valence-electron chi connectivity index (χ1n) is 7.39. The lowest BCUT2D eigenvalue weighted by Gasteiger charge is -2.25. The smallest absolute Gasteiger partial charge is 0.254 e. The lowest BCUT2D eigenvalue weighted by Crippen LogP contribution is -2.29. The second kappa shape index (κ2) is 7.22. The van der Waals surface area contributed by atoms with Crippen LogP contribution in [0.2, 0.25) is 0 Å². The first-order chi connectivity index (χ1) is 10.9. The SMILES string of the molecule is CCOc1cccc(C(=O)N(C)C(C)c2ccc(F)c(F)c2)c1. The fourth-order valence-electron chi connectivity index (χ4n) is 2.26. The highest BCUT2D eigenvalue weighted by atomic mass is 19.2. The maximum absolute atomic E-state index is 13.4. The van der Waals surface area contributed by atoms with Crippen molar-refractivity contribution in [1.82, 2.24) is 4.90 Å². The summed E-state index contributed by atoms with van der Waals surface area (Å²) in [7, 11) is 1.63. The van der Waals surface area contributed by atoms with Gasteiger partial charge in [-0.1, -0.05) is 12.1 Å². The Morgan fingerprint density at radius 3 is 2.57 bits per heavy atom. The van der Waals surface area contributed by atoms with Gasteiger partial charge < -0.3 is 9.64 Å². The Morgan fingerprint density at radius 2 is 1.91 bits per heavy atom. The molecule has 23 heavy (non-hydrogen) atoms. The molecule has 1 atom stereocenters. The van der Waals surface area contributed by atoms with Gasteiger partial charge in [-0.25, -0.2) is 8.78 Å². The van der Waals surface area contributed by atoms with Crippen LogP contribution in [0.15, 0.2) is 42.5 Å². The minimum Gasteiger partial charge on any atom is -0.494 e. The van der Waals surface area contributed by atoms with Gasteiger partial charge in [-0.3, -0.25) is 4.79 Å². The van der Waals surface area contributed by atoms with Gasteiger partial charge in [0, 0.05) is 12.6 Å². The van der Waals surface area contributed by atoms with E-state index in [0.717, 1.165) is 12.1 Å². The van der Waals surface area contributed by atoms with Gasteiger partial charge in [0.15, 0.2) is 11.6 Å². The highest BCUT2D eigenvalue weighted by Gasteiger charge is 2.20. The minimum atomic E-state index is -0.923. The maximum atomic E-state index is 13.4. The summed E-state index contributed by atoms with van der Waals surface area (Å²) in [5.41, 5.74) is 1.01. The number of ether oxygens (including phenoxy) is 1. The zero-order valence-corrected chi connectivity index (χ0v) is 13.3. The van der Waals surface area contributed by atoms with Crippen LogP contribution in [-0.2, 0) is 0 Å². The molecule has 2 rings (SSSR count). The van der Waals surface area contributed by atoms with Crippen molar-refractivity contribution in [2.24, 2.45) is 0 Å². The summed E-state index contributed by atoms with van der Waals surface area (Å²) in [4.78, 5) is 14.1. The number of carbonyl (C=O) groups is 1.